The average molecular weight is 935 g/mol. The van der Waals surface area contributed by atoms with Crippen molar-refractivity contribution in [3.05, 3.63) is 64.7 Å². The van der Waals surface area contributed by atoms with Gasteiger partial charge >= 0.3 is 12.4 Å². The first kappa shape index (κ1) is 50.2. The number of rotatable bonds is 20. The first-order chi connectivity index (χ1) is 31.3. The first-order valence-electron chi connectivity index (χ1n) is 21.0. The van der Waals surface area contributed by atoms with Gasteiger partial charge in [0.25, 0.3) is 11.8 Å². The Bertz CT molecular complexity index is 2120. The maximum Gasteiger partial charge on any atom is 0.416 e. The molecular formula is C41H52F6N14O5. The largest absolute Gasteiger partial charge is 0.485 e. The number of alkyl halides is 6. The minimum absolute atomic E-state index is 0.0707. The number of aromatic nitrogens is 2. The van der Waals surface area contributed by atoms with Crippen LogP contribution < -0.4 is 59.6 Å². The molecule has 2 fully saturated rings. The van der Waals surface area contributed by atoms with Gasteiger partial charge in [-0.2, -0.15) is 26.3 Å². The molecule has 2 atom stereocenters. The van der Waals surface area contributed by atoms with Crippen LogP contribution in [0.4, 0.5) is 49.1 Å². The number of nitrogens with two attached hydrogens (primary N) is 4. The molecular weight excluding hydrogens is 883 g/mol. The van der Waals surface area contributed by atoms with Gasteiger partial charge in [-0.15, -0.1) is 0 Å². The van der Waals surface area contributed by atoms with E-state index in [1.807, 2.05) is 0 Å². The van der Waals surface area contributed by atoms with Crippen LogP contribution in [0.2, 0.25) is 0 Å². The van der Waals surface area contributed by atoms with Crippen molar-refractivity contribution in [2.24, 2.45) is 38.8 Å². The Hall–Kier alpha value is -6.76. The second kappa shape index (κ2) is 22.9. The summed E-state index contributed by atoms with van der Waals surface area (Å²) in [5.74, 6) is -4.08. The molecule has 2 aliphatic heterocycles. The van der Waals surface area contributed by atoms with E-state index in [1.54, 1.807) is 0 Å². The van der Waals surface area contributed by atoms with Crippen LogP contribution in [0.3, 0.4) is 0 Å². The molecule has 358 valence electrons. The molecule has 3 aromatic rings. The van der Waals surface area contributed by atoms with Crippen LogP contribution in [0.1, 0.15) is 89.0 Å². The van der Waals surface area contributed by atoms with Crippen molar-refractivity contribution in [3.8, 4) is 5.75 Å². The zero-order valence-electron chi connectivity index (χ0n) is 35.6. The monoisotopic (exact) mass is 934 g/mol. The summed E-state index contributed by atoms with van der Waals surface area (Å²) in [5, 5.41) is 16.1. The van der Waals surface area contributed by atoms with E-state index in [4.69, 9.17) is 27.7 Å². The van der Waals surface area contributed by atoms with E-state index in [2.05, 4.69) is 51.9 Å². The number of carbonyl (C=O) groups is 4. The van der Waals surface area contributed by atoms with Crippen molar-refractivity contribution in [1.29, 1.82) is 0 Å². The molecule has 3 heterocycles. The number of hydrogen-bond donors (Lipinski definition) is 10. The minimum atomic E-state index is -4.96. The van der Waals surface area contributed by atoms with E-state index in [0.29, 0.717) is 70.4 Å². The maximum atomic E-state index is 14.3. The highest BCUT2D eigenvalue weighted by Crippen LogP contribution is 2.42. The van der Waals surface area contributed by atoms with Crippen molar-refractivity contribution in [2.75, 3.05) is 60.5 Å². The zero-order chi connectivity index (χ0) is 48.0. The summed E-state index contributed by atoms with van der Waals surface area (Å²) >= 11 is 0. The van der Waals surface area contributed by atoms with Gasteiger partial charge in [0, 0.05) is 49.9 Å². The molecule has 2 aliphatic rings. The molecule has 25 heteroatoms. The molecule has 19 nitrogen and oxygen atoms in total. The first-order valence-corrected chi connectivity index (χ1v) is 21.0. The van der Waals surface area contributed by atoms with Crippen molar-refractivity contribution < 1.29 is 50.3 Å². The lowest BCUT2D eigenvalue weighted by Gasteiger charge is -2.22. The van der Waals surface area contributed by atoms with Gasteiger partial charge in [-0.1, -0.05) is 0 Å². The van der Waals surface area contributed by atoms with Crippen LogP contribution in [0.15, 0.2) is 46.6 Å². The van der Waals surface area contributed by atoms with Gasteiger partial charge in [-0.3, -0.25) is 29.2 Å². The second-order valence-electron chi connectivity index (χ2n) is 15.6. The van der Waals surface area contributed by atoms with Gasteiger partial charge < -0.3 is 59.6 Å². The van der Waals surface area contributed by atoms with E-state index in [0.717, 1.165) is 24.5 Å². The lowest BCUT2D eigenvalue weighted by atomic mass is 9.94. The van der Waals surface area contributed by atoms with E-state index in [1.165, 1.54) is 0 Å². The lowest BCUT2D eigenvalue weighted by Crippen LogP contribution is -2.24. The Labute approximate surface area is 374 Å². The zero-order valence-corrected chi connectivity index (χ0v) is 35.6. The number of aliphatic imine (C=N–C) groups is 2. The summed E-state index contributed by atoms with van der Waals surface area (Å²) in [7, 11) is 0. The summed E-state index contributed by atoms with van der Waals surface area (Å²) in [6.45, 7) is 2.45. The molecule has 0 saturated carbocycles. The fourth-order valence-corrected chi connectivity index (χ4v) is 7.07. The predicted octanol–water partition coefficient (Wildman–Crippen LogP) is 3.68. The molecule has 4 amide bonds. The number of nitrogens with one attached hydrogen (secondary N) is 6. The highest BCUT2D eigenvalue weighted by molar-refractivity contribution is 6.08. The van der Waals surface area contributed by atoms with Crippen molar-refractivity contribution in [1.82, 2.24) is 20.6 Å². The highest BCUT2D eigenvalue weighted by atomic mass is 19.4. The van der Waals surface area contributed by atoms with Crippen LogP contribution in [0.5, 0.6) is 5.75 Å². The third-order valence-corrected chi connectivity index (χ3v) is 10.3. The summed E-state index contributed by atoms with van der Waals surface area (Å²) < 4.78 is 92.0. The van der Waals surface area contributed by atoms with Crippen LogP contribution in [-0.2, 0) is 28.4 Å². The summed E-state index contributed by atoms with van der Waals surface area (Å²) in [6.07, 6.45) is -7.14. The molecule has 1 aromatic heterocycles. The van der Waals surface area contributed by atoms with E-state index < -0.39 is 70.3 Å². The normalized spacial score (nSPS) is 16.0. The van der Waals surface area contributed by atoms with Gasteiger partial charge in [-0.25, -0.2) is 9.97 Å². The number of nitrogens with zero attached hydrogens (tertiary/aromatic N) is 4. The SMILES string of the molecule is NC(N)=NCCCCC(=O)Nc1cc(C(F)(F)F)cc(NC(=O)c2cc(C(=O)Nc3cc(C(F)(F)F)cc(NC(=O)CCCCN=C(N)N)c3O[C@@H]3CCNC3)ncn2)c1C[C@@H]1CCNC1. The van der Waals surface area contributed by atoms with Crippen molar-refractivity contribution in [2.45, 2.75) is 76.2 Å². The van der Waals surface area contributed by atoms with E-state index >= 15 is 0 Å². The molecule has 66 heavy (non-hydrogen) atoms. The van der Waals surface area contributed by atoms with Gasteiger partial charge in [-0.05, 0) is 100 Å². The van der Waals surface area contributed by atoms with E-state index in [-0.39, 0.29) is 85.0 Å². The molecule has 0 radical (unpaired) electrons. The fourth-order valence-electron chi connectivity index (χ4n) is 7.07. The summed E-state index contributed by atoms with van der Waals surface area (Å²) in [6, 6.07) is 3.71. The molecule has 0 spiro atoms. The van der Waals surface area contributed by atoms with Crippen molar-refractivity contribution in [3.63, 3.8) is 0 Å². The smallest absolute Gasteiger partial charge is 0.416 e. The number of hydrogen-bond acceptors (Lipinski definition) is 11. The summed E-state index contributed by atoms with van der Waals surface area (Å²) in [5.41, 5.74) is 16.7. The number of amides is 4. The molecule has 2 saturated heterocycles. The Kier molecular flexibility index (Phi) is 17.4. The predicted molar refractivity (Wildman–Crippen MR) is 234 cm³/mol. The fraction of sp³-hybridized carbons (Fsp3) is 0.463. The molecule has 14 N–H and O–H groups in total. The molecule has 0 bridgehead atoms. The maximum absolute atomic E-state index is 14.3. The van der Waals surface area contributed by atoms with Gasteiger partial charge in [0.2, 0.25) is 11.8 Å². The van der Waals surface area contributed by atoms with Crippen LogP contribution >= 0.6 is 0 Å². The minimum Gasteiger partial charge on any atom is -0.485 e. The molecule has 5 rings (SSSR count). The van der Waals surface area contributed by atoms with Gasteiger partial charge in [0.05, 0.1) is 22.5 Å². The highest BCUT2D eigenvalue weighted by Gasteiger charge is 2.35. The van der Waals surface area contributed by atoms with Gasteiger partial charge in [0.1, 0.15) is 23.8 Å². The van der Waals surface area contributed by atoms with Crippen molar-refractivity contribution >= 4 is 58.3 Å². The number of guanidine groups is 2. The Morgan fingerprint density at radius 3 is 1.61 bits per heavy atom. The van der Waals surface area contributed by atoms with Gasteiger partial charge in [0.15, 0.2) is 17.7 Å². The lowest BCUT2D eigenvalue weighted by molar-refractivity contribution is -0.138. The third kappa shape index (κ3) is 15.2. The van der Waals surface area contributed by atoms with E-state index in [9.17, 15) is 45.5 Å². The quantitative estimate of drug-likeness (QED) is 0.0335. The Morgan fingerprint density at radius 2 is 1.12 bits per heavy atom. The third-order valence-electron chi connectivity index (χ3n) is 10.3. The Balaban J connectivity index is 1.43. The molecule has 0 unspecified atom stereocenters. The second-order valence-corrected chi connectivity index (χ2v) is 15.6. The average Bonchev–Trinajstić information content (AvgIpc) is 3.97. The number of ether oxygens (including phenoxy) is 1. The number of anilines is 4. The van der Waals surface area contributed by atoms with Crippen LogP contribution in [0, 0.1) is 5.92 Å². The number of carbonyl (C=O) groups excluding carboxylic acids is 4. The molecule has 0 aliphatic carbocycles. The topological polar surface area (TPSA) is 304 Å². The summed E-state index contributed by atoms with van der Waals surface area (Å²) in [4.78, 5) is 69.1. The number of benzene rings is 2. The number of halogens is 6. The number of unbranched alkanes of at least 4 members (excludes halogenated alkanes) is 2. The standard InChI is InChI=1S/C41H52F6N14O5/c42-40(43,44)23-14-27(58-33(62)5-1-3-9-54-38(48)49)26(13-22-7-11-52-19-22)28(15-23)60-36(64)31-18-32(57-21-56-31)37(65)61-30-17-24(41(45,46)47)16-29(35(30)66-25-8-12-53-20-25)59-34(63)6-2-4-10-55-39(50)51/h14-18,21-22,25,52-53H,1-13,19-20H2,(H,58,62)(H,59,63)(H,60,64)(H,61,65)(H4,48,49,54)(H4,50,51,55)/t22-,25+/m0/s1. The Morgan fingerprint density at radius 1 is 0.652 bits per heavy atom. The van der Waals surface area contributed by atoms with Crippen LogP contribution in [-0.4, -0.2) is 90.9 Å². The molecule has 2 aromatic carbocycles. The van der Waals surface area contributed by atoms with Crippen LogP contribution in [0.25, 0.3) is 0 Å².